The van der Waals surface area contributed by atoms with Crippen molar-refractivity contribution < 1.29 is 4.79 Å². The molecule has 0 saturated carbocycles. The van der Waals surface area contributed by atoms with Crippen LogP contribution in [-0.4, -0.2) is 16.6 Å². The molecule has 1 unspecified atom stereocenters. The standard InChI is InChI=1S/C10H17N3O/c1-3-8(2)9(11)10(14)12-13-6-4-5-7-13/h4-9H,3,11H2,1-2H3,(H,12,14)/t8?,9-/m0/s1. The van der Waals surface area contributed by atoms with Crippen LogP contribution in [0.15, 0.2) is 24.5 Å². The molecule has 0 bridgehead atoms. The van der Waals surface area contributed by atoms with E-state index in [1.54, 1.807) is 17.1 Å². The van der Waals surface area contributed by atoms with E-state index in [1.807, 2.05) is 26.0 Å². The van der Waals surface area contributed by atoms with Crippen LogP contribution in [0.2, 0.25) is 0 Å². The molecule has 1 aromatic rings. The molecule has 2 atom stereocenters. The first-order valence-electron chi connectivity index (χ1n) is 4.84. The van der Waals surface area contributed by atoms with Gasteiger partial charge in [-0.25, -0.2) is 0 Å². The number of carbonyl (C=O) groups excluding carboxylic acids is 1. The van der Waals surface area contributed by atoms with Gasteiger partial charge in [-0.15, -0.1) is 0 Å². The van der Waals surface area contributed by atoms with Gasteiger partial charge in [0.15, 0.2) is 0 Å². The van der Waals surface area contributed by atoms with Crippen LogP contribution in [0.3, 0.4) is 0 Å². The topological polar surface area (TPSA) is 60.1 Å². The van der Waals surface area contributed by atoms with E-state index in [2.05, 4.69) is 5.43 Å². The van der Waals surface area contributed by atoms with Crippen molar-refractivity contribution in [3.8, 4) is 0 Å². The zero-order valence-electron chi connectivity index (χ0n) is 8.60. The molecule has 0 radical (unpaired) electrons. The van der Waals surface area contributed by atoms with Crippen LogP contribution in [0.5, 0.6) is 0 Å². The fourth-order valence-corrected chi connectivity index (χ4v) is 1.12. The number of carbonyl (C=O) groups is 1. The molecule has 1 rings (SSSR count). The summed E-state index contributed by atoms with van der Waals surface area (Å²) in [4.78, 5) is 11.6. The van der Waals surface area contributed by atoms with E-state index in [0.717, 1.165) is 6.42 Å². The van der Waals surface area contributed by atoms with Gasteiger partial charge in [-0.1, -0.05) is 20.3 Å². The van der Waals surface area contributed by atoms with Crippen LogP contribution in [0.25, 0.3) is 0 Å². The molecule has 0 aromatic carbocycles. The average molecular weight is 195 g/mol. The van der Waals surface area contributed by atoms with E-state index >= 15 is 0 Å². The fourth-order valence-electron chi connectivity index (χ4n) is 1.12. The number of nitrogens with two attached hydrogens (primary N) is 1. The van der Waals surface area contributed by atoms with E-state index in [9.17, 15) is 4.79 Å². The summed E-state index contributed by atoms with van der Waals surface area (Å²) in [5.41, 5.74) is 8.45. The minimum atomic E-state index is -0.442. The van der Waals surface area contributed by atoms with E-state index < -0.39 is 6.04 Å². The molecule has 0 aliphatic carbocycles. The Labute approximate surface area is 84.1 Å². The van der Waals surface area contributed by atoms with Crippen LogP contribution < -0.4 is 11.2 Å². The number of hydrogen-bond donors (Lipinski definition) is 2. The Kier molecular flexibility index (Phi) is 3.71. The Balaban J connectivity index is 2.50. The summed E-state index contributed by atoms with van der Waals surface area (Å²) in [6.07, 6.45) is 4.43. The number of hydrogen-bond acceptors (Lipinski definition) is 2. The van der Waals surface area contributed by atoms with E-state index in [-0.39, 0.29) is 11.8 Å². The van der Waals surface area contributed by atoms with Crippen molar-refractivity contribution in [1.82, 2.24) is 4.68 Å². The molecule has 0 fully saturated rings. The number of amides is 1. The summed E-state index contributed by atoms with van der Waals surface area (Å²) in [5, 5.41) is 0. The highest BCUT2D eigenvalue weighted by Gasteiger charge is 2.18. The number of nitrogens with one attached hydrogen (secondary N) is 1. The zero-order chi connectivity index (χ0) is 10.6. The van der Waals surface area contributed by atoms with Crippen molar-refractivity contribution in [3.63, 3.8) is 0 Å². The quantitative estimate of drug-likeness (QED) is 0.751. The lowest BCUT2D eigenvalue weighted by Crippen LogP contribution is -2.43. The van der Waals surface area contributed by atoms with Gasteiger partial charge in [-0.3, -0.25) is 14.9 Å². The summed E-state index contributed by atoms with van der Waals surface area (Å²) in [7, 11) is 0. The van der Waals surface area contributed by atoms with Gasteiger partial charge in [0.05, 0.1) is 6.04 Å². The van der Waals surface area contributed by atoms with Gasteiger partial charge in [0, 0.05) is 12.4 Å². The third-order valence-corrected chi connectivity index (χ3v) is 2.40. The molecule has 4 nitrogen and oxygen atoms in total. The zero-order valence-corrected chi connectivity index (χ0v) is 8.60. The average Bonchev–Trinajstić information content (AvgIpc) is 2.68. The van der Waals surface area contributed by atoms with E-state index in [1.165, 1.54) is 0 Å². The molecule has 0 spiro atoms. The maximum Gasteiger partial charge on any atom is 0.255 e. The molecule has 78 valence electrons. The van der Waals surface area contributed by atoms with Gasteiger partial charge in [0.1, 0.15) is 0 Å². The van der Waals surface area contributed by atoms with Crippen LogP contribution in [0, 0.1) is 5.92 Å². The monoisotopic (exact) mass is 195 g/mol. The minimum Gasteiger partial charge on any atom is -0.320 e. The molecule has 0 aliphatic heterocycles. The van der Waals surface area contributed by atoms with Crippen molar-refractivity contribution in [1.29, 1.82) is 0 Å². The molecule has 0 saturated heterocycles. The lowest BCUT2D eigenvalue weighted by atomic mass is 10.00. The normalized spacial score (nSPS) is 14.8. The molecule has 3 N–H and O–H groups in total. The second-order valence-corrected chi connectivity index (χ2v) is 3.48. The van der Waals surface area contributed by atoms with E-state index in [4.69, 9.17) is 5.73 Å². The second-order valence-electron chi connectivity index (χ2n) is 3.48. The summed E-state index contributed by atoms with van der Waals surface area (Å²) in [5.74, 6) is 0.0566. The summed E-state index contributed by atoms with van der Waals surface area (Å²) in [6, 6.07) is 3.24. The van der Waals surface area contributed by atoms with Crippen LogP contribution in [-0.2, 0) is 4.79 Å². The highest BCUT2D eigenvalue weighted by molar-refractivity contribution is 5.88. The van der Waals surface area contributed by atoms with Gasteiger partial charge in [-0.05, 0) is 18.1 Å². The molecule has 1 heterocycles. The van der Waals surface area contributed by atoms with Crippen LogP contribution in [0.4, 0.5) is 0 Å². The number of rotatable bonds is 4. The predicted octanol–water partition coefficient (Wildman–Crippen LogP) is 0.932. The minimum absolute atomic E-state index is 0.143. The first kappa shape index (κ1) is 10.8. The van der Waals surface area contributed by atoms with Crippen molar-refractivity contribution in [3.05, 3.63) is 24.5 Å². The van der Waals surface area contributed by atoms with Gasteiger partial charge in [0.2, 0.25) is 0 Å². The summed E-state index contributed by atoms with van der Waals surface area (Å²) in [6.45, 7) is 3.99. The predicted molar refractivity (Wildman–Crippen MR) is 56.2 cm³/mol. The fraction of sp³-hybridized carbons (Fsp3) is 0.500. The van der Waals surface area contributed by atoms with Gasteiger partial charge >= 0.3 is 0 Å². The Bertz CT molecular complexity index is 282. The third kappa shape index (κ3) is 2.60. The van der Waals surface area contributed by atoms with Crippen molar-refractivity contribution >= 4 is 5.91 Å². The second kappa shape index (κ2) is 4.81. The van der Waals surface area contributed by atoms with Gasteiger partial charge in [-0.2, -0.15) is 0 Å². The highest BCUT2D eigenvalue weighted by atomic mass is 16.2. The van der Waals surface area contributed by atoms with Crippen LogP contribution >= 0.6 is 0 Å². The summed E-state index contributed by atoms with van der Waals surface area (Å²) < 4.78 is 1.60. The molecular weight excluding hydrogens is 178 g/mol. The first-order valence-corrected chi connectivity index (χ1v) is 4.84. The Morgan fingerprint density at radius 2 is 2.07 bits per heavy atom. The van der Waals surface area contributed by atoms with Crippen molar-refractivity contribution in [2.45, 2.75) is 26.3 Å². The molecule has 14 heavy (non-hydrogen) atoms. The Morgan fingerprint density at radius 1 is 1.50 bits per heavy atom. The smallest absolute Gasteiger partial charge is 0.255 e. The lowest BCUT2D eigenvalue weighted by Gasteiger charge is -2.17. The molecular formula is C10H17N3O. The molecule has 0 aliphatic rings. The van der Waals surface area contributed by atoms with Gasteiger partial charge < -0.3 is 5.73 Å². The number of nitrogens with zero attached hydrogens (tertiary/aromatic N) is 1. The first-order chi connectivity index (χ1) is 6.65. The lowest BCUT2D eigenvalue weighted by molar-refractivity contribution is -0.119. The maximum absolute atomic E-state index is 11.6. The molecule has 4 heteroatoms. The van der Waals surface area contributed by atoms with Crippen molar-refractivity contribution in [2.24, 2.45) is 11.7 Å². The van der Waals surface area contributed by atoms with Crippen LogP contribution in [0.1, 0.15) is 20.3 Å². The molecule has 1 aromatic heterocycles. The van der Waals surface area contributed by atoms with Gasteiger partial charge in [0.25, 0.3) is 5.91 Å². The largest absolute Gasteiger partial charge is 0.320 e. The SMILES string of the molecule is CCC(C)[C@H](N)C(=O)Nn1cccc1. The van der Waals surface area contributed by atoms with E-state index in [0.29, 0.717) is 0 Å². The Hall–Kier alpha value is -1.29. The number of aromatic nitrogens is 1. The molecule has 1 amide bonds. The Morgan fingerprint density at radius 3 is 2.57 bits per heavy atom. The highest BCUT2D eigenvalue weighted by Crippen LogP contribution is 2.05. The third-order valence-electron chi connectivity index (χ3n) is 2.40. The summed E-state index contributed by atoms with van der Waals surface area (Å²) >= 11 is 0. The maximum atomic E-state index is 11.6. The van der Waals surface area contributed by atoms with Crippen molar-refractivity contribution in [2.75, 3.05) is 5.43 Å².